The Balaban J connectivity index is 3.26. The van der Waals surface area contributed by atoms with Gasteiger partial charge in [-0.25, -0.2) is 9.78 Å². The SMILES string of the molecule is COC(=O)c1ncc(Cl)c(Cl)c1Cl. The Kier molecular flexibility index (Phi) is 3.36. The molecule has 70 valence electrons. The van der Waals surface area contributed by atoms with Gasteiger partial charge < -0.3 is 4.74 Å². The van der Waals surface area contributed by atoms with Crippen molar-refractivity contribution >= 4 is 40.8 Å². The van der Waals surface area contributed by atoms with Crippen LogP contribution in [0.5, 0.6) is 0 Å². The smallest absolute Gasteiger partial charge is 0.358 e. The van der Waals surface area contributed by atoms with Gasteiger partial charge in [0.2, 0.25) is 0 Å². The summed E-state index contributed by atoms with van der Waals surface area (Å²) in [6.07, 6.45) is 1.24. The molecule has 0 spiro atoms. The highest BCUT2D eigenvalue weighted by atomic mass is 35.5. The van der Waals surface area contributed by atoms with Crippen molar-refractivity contribution in [1.82, 2.24) is 4.98 Å². The van der Waals surface area contributed by atoms with E-state index in [4.69, 9.17) is 34.8 Å². The monoisotopic (exact) mass is 239 g/mol. The van der Waals surface area contributed by atoms with Crippen LogP contribution < -0.4 is 0 Å². The van der Waals surface area contributed by atoms with Gasteiger partial charge in [0, 0.05) is 6.20 Å². The second-order valence-electron chi connectivity index (χ2n) is 2.07. The third-order valence-corrected chi connectivity index (χ3v) is 2.54. The molecule has 0 aliphatic heterocycles. The molecule has 1 aromatic rings. The van der Waals surface area contributed by atoms with Crippen LogP contribution in [0.15, 0.2) is 6.20 Å². The number of pyridine rings is 1. The molecule has 0 N–H and O–H groups in total. The molecule has 1 rings (SSSR count). The fourth-order valence-electron chi connectivity index (χ4n) is 0.682. The third-order valence-electron chi connectivity index (χ3n) is 1.30. The van der Waals surface area contributed by atoms with Crippen LogP contribution in [0.25, 0.3) is 0 Å². The van der Waals surface area contributed by atoms with Gasteiger partial charge in [-0.05, 0) is 0 Å². The maximum atomic E-state index is 11.0. The van der Waals surface area contributed by atoms with Gasteiger partial charge in [0.1, 0.15) is 0 Å². The molecular formula is C7H4Cl3NO2. The van der Waals surface area contributed by atoms with Gasteiger partial charge in [0.15, 0.2) is 5.69 Å². The summed E-state index contributed by atoms with van der Waals surface area (Å²) in [5.41, 5.74) is -0.0430. The van der Waals surface area contributed by atoms with Gasteiger partial charge in [-0.3, -0.25) is 0 Å². The molecule has 0 radical (unpaired) electrons. The fourth-order valence-corrected chi connectivity index (χ4v) is 1.24. The van der Waals surface area contributed by atoms with Gasteiger partial charge in [0.05, 0.1) is 22.2 Å². The number of hydrogen-bond donors (Lipinski definition) is 0. The standard InChI is InChI=1S/C7H4Cl3NO2/c1-13-7(12)6-5(10)4(9)3(8)2-11-6/h2H,1H3. The van der Waals surface area contributed by atoms with E-state index < -0.39 is 5.97 Å². The quantitative estimate of drug-likeness (QED) is 0.709. The van der Waals surface area contributed by atoms with Gasteiger partial charge in [-0.1, -0.05) is 34.8 Å². The van der Waals surface area contributed by atoms with Crippen molar-refractivity contribution in [3.63, 3.8) is 0 Å². The van der Waals surface area contributed by atoms with Crippen LogP contribution in [0, 0.1) is 0 Å². The van der Waals surface area contributed by atoms with Crippen LogP contribution in [-0.4, -0.2) is 18.1 Å². The summed E-state index contributed by atoms with van der Waals surface area (Å²) in [6.45, 7) is 0. The van der Waals surface area contributed by atoms with E-state index in [1.807, 2.05) is 0 Å². The molecule has 0 unspecified atom stereocenters. The largest absolute Gasteiger partial charge is 0.464 e. The van der Waals surface area contributed by atoms with E-state index in [1.165, 1.54) is 13.3 Å². The lowest BCUT2D eigenvalue weighted by atomic mass is 10.3. The Morgan fingerprint density at radius 3 is 2.54 bits per heavy atom. The van der Waals surface area contributed by atoms with Crippen LogP contribution in [0.3, 0.4) is 0 Å². The van der Waals surface area contributed by atoms with Crippen molar-refractivity contribution in [3.05, 3.63) is 27.0 Å². The lowest BCUT2D eigenvalue weighted by molar-refractivity contribution is 0.0594. The zero-order chi connectivity index (χ0) is 10.0. The molecule has 6 heteroatoms. The molecule has 0 atom stereocenters. The first kappa shape index (κ1) is 10.6. The molecule has 1 heterocycles. The van der Waals surface area contributed by atoms with E-state index in [0.29, 0.717) is 0 Å². The summed E-state index contributed by atoms with van der Waals surface area (Å²) in [5, 5.41) is 0.291. The van der Waals surface area contributed by atoms with Crippen LogP contribution in [0.2, 0.25) is 15.1 Å². The maximum absolute atomic E-state index is 11.0. The minimum Gasteiger partial charge on any atom is -0.464 e. The highest BCUT2D eigenvalue weighted by molar-refractivity contribution is 6.48. The van der Waals surface area contributed by atoms with Crippen molar-refractivity contribution in [2.45, 2.75) is 0 Å². The van der Waals surface area contributed by atoms with E-state index in [1.54, 1.807) is 0 Å². The first-order valence-corrected chi connectivity index (χ1v) is 4.29. The molecule has 0 aromatic carbocycles. The highest BCUT2D eigenvalue weighted by Crippen LogP contribution is 2.31. The van der Waals surface area contributed by atoms with Gasteiger partial charge in [-0.15, -0.1) is 0 Å². The fraction of sp³-hybridized carbons (Fsp3) is 0.143. The Bertz CT molecular complexity index is 354. The van der Waals surface area contributed by atoms with Crippen molar-refractivity contribution in [2.75, 3.05) is 7.11 Å². The topological polar surface area (TPSA) is 39.2 Å². The number of carbonyl (C=O) groups is 1. The first-order valence-electron chi connectivity index (χ1n) is 3.15. The van der Waals surface area contributed by atoms with E-state index >= 15 is 0 Å². The van der Waals surface area contributed by atoms with E-state index in [-0.39, 0.29) is 20.8 Å². The summed E-state index contributed by atoms with van der Waals surface area (Å²) < 4.78 is 4.42. The first-order chi connectivity index (χ1) is 6.07. The Morgan fingerprint density at radius 2 is 2.00 bits per heavy atom. The molecule has 0 bridgehead atoms. The summed E-state index contributed by atoms with van der Waals surface area (Å²) in [7, 11) is 1.23. The number of ether oxygens (including phenoxy) is 1. The van der Waals surface area contributed by atoms with Gasteiger partial charge in [-0.2, -0.15) is 0 Å². The molecule has 0 saturated carbocycles. The predicted octanol–water partition coefficient (Wildman–Crippen LogP) is 2.83. The number of hydrogen-bond acceptors (Lipinski definition) is 3. The van der Waals surface area contributed by atoms with E-state index in [2.05, 4.69) is 9.72 Å². The Morgan fingerprint density at radius 1 is 1.38 bits per heavy atom. The summed E-state index contributed by atoms with van der Waals surface area (Å²) in [5.74, 6) is -0.649. The van der Waals surface area contributed by atoms with Crippen molar-refractivity contribution in [1.29, 1.82) is 0 Å². The van der Waals surface area contributed by atoms with Crippen LogP contribution in [0.1, 0.15) is 10.5 Å². The van der Waals surface area contributed by atoms with Crippen molar-refractivity contribution < 1.29 is 9.53 Å². The lowest BCUT2D eigenvalue weighted by Gasteiger charge is -2.03. The lowest BCUT2D eigenvalue weighted by Crippen LogP contribution is -2.05. The maximum Gasteiger partial charge on any atom is 0.358 e. The van der Waals surface area contributed by atoms with Gasteiger partial charge >= 0.3 is 5.97 Å². The number of aromatic nitrogens is 1. The van der Waals surface area contributed by atoms with E-state index in [0.717, 1.165) is 0 Å². The molecule has 13 heavy (non-hydrogen) atoms. The summed E-state index contributed by atoms with van der Waals surface area (Å²) in [4.78, 5) is 14.7. The number of methoxy groups -OCH3 is 1. The molecule has 1 aromatic heterocycles. The molecule has 0 aliphatic carbocycles. The third kappa shape index (κ3) is 2.05. The zero-order valence-corrected chi connectivity index (χ0v) is 8.74. The molecular weight excluding hydrogens is 236 g/mol. The molecule has 0 saturated heterocycles. The Hall–Kier alpha value is -0.510. The number of esters is 1. The average molecular weight is 240 g/mol. The number of rotatable bonds is 1. The minimum absolute atomic E-state index is 0.000941. The second-order valence-corrected chi connectivity index (χ2v) is 3.24. The summed E-state index contributed by atoms with van der Waals surface area (Å²) >= 11 is 17.0. The van der Waals surface area contributed by atoms with Gasteiger partial charge in [0.25, 0.3) is 0 Å². The number of nitrogens with zero attached hydrogens (tertiary/aromatic N) is 1. The molecule has 0 aliphatic rings. The predicted molar refractivity (Wildman–Crippen MR) is 50.6 cm³/mol. The Labute approximate surface area is 89.6 Å². The van der Waals surface area contributed by atoms with Crippen LogP contribution >= 0.6 is 34.8 Å². The molecule has 0 fully saturated rings. The number of carbonyl (C=O) groups excluding carboxylic acids is 1. The molecule has 3 nitrogen and oxygen atoms in total. The minimum atomic E-state index is -0.649. The molecule has 0 amide bonds. The van der Waals surface area contributed by atoms with Crippen LogP contribution in [0.4, 0.5) is 0 Å². The second kappa shape index (κ2) is 4.13. The normalized spacial score (nSPS) is 9.85. The highest BCUT2D eigenvalue weighted by Gasteiger charge is 2.16. The van der Waals surface area contributed by atoms with Crippen molar-refractivity contribution in [2.24, 2.45) is 0 Å². The zero-order valence-electron chi connectivity index (χ0n) is 6.47. The average Bonchev–Trinajstić information content (AvgIpc) is 2.13. The van der Waals surface area contributed by atoms with Crippen LogP contribution in [-0.2, 0) is 4.74 Å². The van der Waals surface area contributed by atoms with Crippen molar-refractivity contribution in [3.8, 4) is 0 Å². The summed E-state index contributed by atoms with van der Waals surface area (Å²) in [6, 6.07) is 0. The number of halogens is 3. The van der Waals surface area contributed by atoms with E-state index in [9.17, 15) is 4.79 Å².